The van der Waals surface area contributed by atoms with Gasteiger partial charge in [0.1, 0.15) is 0 Å². The Morgan fingerprint density at radius 3 is 2.50 bits per heavy atom. The largest absolute Gasteiger partial charge is 0.162 e. The number of aryl methyl sites for hydroxylation is 1. The third-order valence-electron chi connectivity index (χ3n) is 3.62. The van der Waals surface area contributed by atoms with Gasteiger partial charge in [-0.3, -0.25) is 0 Å². The molecule has 0 aliphatic heterocycles. The van der Waals surface area contributed by atoms with E-state index >= 15 is 0 Å². The molecule has 0 heterocycles. The predicted octanol–water partition coefficient (Wildman–Crippen LogP) is 6.72. The SMILES string of the molecule is CCCCCCC(C)CSCCCc1ccc(Br)cc1. The highest BCUT2D eigenvalue weighted by molar-refractivity contribution is 9.10. The lowest BCUT2D eigenvalue weighted by molar-refractivity contribution is 0.531. The van der Waals surface area contributed by atoms with Gasteiger partial charge in [-0.1, -0.05) is 67.6 Å². The Kier molecular flexibility index (Phi) is 10.6. The molecule has 0 aliphatic carbocycles. The van der Waals surface area contributed by atoms with E-state index in [-0.39, 0.29) is 0 Å². The second-order valence-corrected chi connectivity index (χ2v) is 7.82. The van der Waals surface area contributed by atoms with Crippen LogP contribution in [0.4, 0.5) is 0 Å². The molecule has 1 aromatic carbocycles. The quantitative estimate of drug-likeness (QED) is 0.396. The molecule has 0 spiro atoms. The monoisotopic (exact) mass is 356 g/mol. The third-order valence-corrected chi connectivity index (χ3v) is 5.53. The van der Waals surface area contributed by atoms with Crippen LogP contribution in [0.25, 0.3) is 0 Å². The molecule has 1 rings (SSSR count). The number of benzene rings is 1. The summed E-state index contributed by atoms with van der Waals surface area (Å²) in [5.74, 6) is 3.53. The summed E-state index contributed by atoms with van der Waals surface area (Å²) in [6.07, 6.45) is 9.54. The first-order chi connectivity index (χ1) is 9.72. The summed E-state index contributed by atoms with van der Waals surface area (Å²) < 4.78 is 1.17. The first-order valence-electron chi connectivity index (χ1n) is 8.04. The van der Waals surface area contributed by atoms with Gasteiger partial charge in [0.2, 0.25) is 0 Å². The second-order valence-electron chi connectivity index (χ2n) is 5.76. The number of thioether (sulfide) groups is 1. The van der Waals surface area contributed by atoms with E-state index in [1.165, 1.54) is 66.5 Å². The lowest BCUT2D eigenvalue weighted by Gasteiger charge is -2.10. The molecule has 0 saturated carbocycles. The van der Waals surface area contributed by atoms with E-state index in [4.69, 9.17) is 0 Å². The Morgan fingerprint density at radius 2 is 1.80 bits per heavy atom. The van der Waals surface area contributed by atoms with E-state index in [1.807, 2.05) is 0 Å². The molecule has 114 valence electrons. The zero-order valence-corrected chi connectivity index (χ0v) is 15.4. The van der Waals surface area contributed by atoms with E-state index < -0.39 is 0 Å². The van der Waals surface area contributed by atoms with Gasteiger partial charge in [0, 0.05) is 4.47 Å². The Bertz CT molecular complexity index is 334. The number of unbranched alkanes of at least 4 members (excludes halogenated alkanes) is 3. The first kappa shape index (κ1) is 18.1. The number of rotatable bonds is 11. The van der Waals surface area contributed by atoms with Crippen molar-refractivity contribution in [3.63, 3.8) is 0 Å². The fraction of sp³-hybridized carbons (Fsp3) is 0.667. The minimum Gasteiger partial charge on any atom is -0.162 e. The van der Waals surface area contributed by atoms with Gasteiger partial charge >= 0.3 is 0 Å². The molecule has 0 N–H and O–H groups in total. The summed E-state index contributed by atoms with van der Waals surface area (Å²) in [5.41, 5.74) is 1.46. The van der Waals surface area contributed by atoms with Gasteiger partial charge in [-0.05, 0) is 54.4 Å². The number of halogens is 1. The molecular weight excluding hydrogens is 328 g/mol. The summed E-state index contributed by atoms with van der Waals surface area (Å²) in [6, 6.07) is 8.73. The van der Waals surface area contributed by atoms with Crippen molar-refractivity contribution < 1.29 is 0 Å². The molecule has 1 aromatic rings. The van der Waals surface area contributed by atoms with Crippen molar-refractivity contribution >= 4 is 27.7 Å². The highest BCUT2D eigenvalue weighted by Crippen LogP contribution is 2.18. The van der Waals surface area contributed by atoms with Crippen LogP contribution in [-0.2, 0) is 6.42 Å². The van der Waals surface area contributed by atoms with Crippen LogP contribution < -0.4 is 0 Å². The zero-order chi connectivity index (χ0) is 14.6. The smallest absolute Gasteiger partial charge is 0.0175 e. The lowest BCUT2D eigenvalue weighted by Crippen LogP contribution is -1.99. The van der Waals surface area contributed by atoms with E-state index in [1.54, 1.807) is 0 Å². The third kappa shape index (κ3) is 9.07. The number of hydrogen-bond donors (Lipinski definition) is 0. The molecule has 0 fully saturated rings. The van der Waals surface area contributed by atoms with Gasteiger partial charge in [0.25, 0.3) is 0 Å². The maximum absolute atomic E-state index is 3.48. The van der Waals surface area contributed by atoms with Crippen LogP contribution in [0.1, 0.15) is 57.9 Å². The Labute approximate surface area is 138 Å². The van der Waals surface area contributed by atoms with Crippen molar-refractivity contribution in [1.29, 1.82) is 0 Å². The van der Waals surface area contributed by atoms with Gasteiger partial charge in [-0.25, -0.2) is 0 Å². The minimum absolute atomic E-state index is 0.893. The Balaban J connectivity index is 1.97. The predicted molar refractivity (Wildman–Crippen MR) is 97.7 cm³/mol. The average Bonchev–Trinajstić information content (AvgIpc) is 2.45. The van der Waals surface area contributed by atoms with Gasteiger partial charge < -0.3 is 0 Å². The summed E-state index contributed by atoms with van der Waals surface area (Å²) in [6.45, 7) is 4.69. The van der Waals surface area contributed by atoms with Crippen molar-refractivity contribution in [2.24, 2.45) is 5.92 Å². The van der Waals surface area contributed by atoms with Crippen LogP contribution in [0.3, 0.4) is 0 Å². The molecule has 0 radical (unpaired) electrons. The first-order valence-corrected chi connectivity index (χ1v) is 9.99. The van der Waals surface area contributed by atoms with Gasteiger partial charge in [0.05, 0.1) is 0 Å². The summed E-state index contributed by atoms with van der Waals surface area (Å²) >= 11 is 5.62. The second kappa shape index (κ2) is 11.7. The lowest BCUT2D eigenvalue weighted by atomic mass is 10.0. The van der Waals surface area contributed by atoms with Crippen LogP contribution in [-0.4, -0.2) is 11.5 Å². The molecule has 0 aromatic heterocycles. The fourth-order valence-electron chi connectivity index (χ4n) is 2.32. The summed E-state index contributed by atoms with van der Waals surface area (Å²) in [5, 5.41) is 0. The van der Waals surface area contributed by atoms with E-state index in [2.05, 4.69) is 65.8 Å². The molecule has 1 atom stereocenters. The average molecular weight is 357 g/mol. The standard InChI is InChI=1S/C18H29BrS/c1-3-4-5-6-8-16(2)15-20-14-7-9-17-10-12-18(19)13-11-17/h10-13,16H,3-9,14-15H2,1-2H3. The minimum atomic E-state index is 0.893. The molecule has 0 bridgehead atoms. The zero-order valence-electron chi connectivity index (χ0n) is 13.0. The molecule has 1 unspecified atom stereocenters. The summed E-state index contributed by atoms with van der Waals surface area (Å²) in [7, 11) is 0. The molecule has 0 aliphatic rings. The van der Waals surface area contributed by atoms with Crippen LogP contribution in [0.15, 0.2) is 28.7 Å². The van der Waals surface area contributed by atoms with Crippen LogP contribution >= 0.6 is 27.7 Å². The molecule has 0 amide bonds. The van der Waals surface area contributed by atoms with Crippen LogP contribution in [0.2, 0.25) is 0 Å². The highest BCUT2D eigenvalue weighted by Gasteiger charge is 2.02. The van der Waals surface area contributed by atoms with Crippen molar-refractivity contribution in [1.82, 2.24) is 0 Å². The molecular formula is C18H29BrS. The van der Waals surface area contributed by atoms with Crippen molar-refractivity contribution in [3.8, 4) is 0 Å². The summed E-state index contributed by atoms with van der Waals surface area (Å²) in [4.78, 5) is 0. The van der Waals surface area contributed by atoms with E-state index in [9.17, 15) is 0 Å². The normalized spacial score (nSPS) is 12.6. The fourth-order valence-corrected chi connectivity index (χ4v) is 3.67. The molecule has 0 nitrogen and oxygen atoms in total. The molecule has 20 heavy (non-hydrogen) atoms. The molecule has 0 saturated heterocycles. The molecule has 2 heteroatoms. The van der Waals surface area contributed by atoms with Gasteiger partial charge in [-0.15, -0.1) is 0 Å². The Hall–Kier alpha value is 0.0500. The van der Waals surface area contributed by atoms with Crippen LogP contribution in [0.5, 0.6) is 0 Å². The van der Waals surface area contributed by atoms with Crippen molar-refractivity contribution in [3.05, 3.63) is 34.3 Å². The Morgan fingerprint density at radius 1 is 1.05 bits per heavy atom. The maximum atomic E-state index is 3.48. The van der Waals surface area contributed by atoms with Crippen molar-refractivity contribution in [2.45, 2.75) is 58.8 Å². The van der Waals surface area contributed by atoms with Gasteiger partial charge in [0.15, 0.2) is 0 Å². The maximum Gasteiger partial charge on any atom is 0.0175 e. The van der Waals surface area contributed by atoms with Crippen molar-refractivity contribution in [2.75, 3.05) is 11.5 Å². The topological polar surface area (TPSA) is 0 Å². The van der Waals surface area contributed by atoms with E-state index in [0.29, 0.717) is 0 Å². The van der Waals surface area contributed by atoms with E-state index in [0.717, 1.165) is 5.92 Å². The van der Waals surface area contributed by atoms with Gasteiger partial charge in [-0.2, -0.15) is 11.8 Å². The number of hydrogen-bond acceptors (Lipinski definition) is 1. The highest BCUT2D eigenvalue weighted by atomic mass is 79.9. The van der Waals surface area contributed by atoms with Crippen LogP contribution in [0, 0.1) is 5.92 Å².